The maximum atomic E-state index is 12.6. The van der Waals surface area contributed by atoms with Gasteiger partial charge in [0.2, 0.25) is 5.91 Å². The maximum Gasteiger partial charge on any atom is 0.232 e. The number of fused-ring (bicyclic) bond motifs is 2. The van der Waals surface area contributed by atoms with Crippen LogP contribution in [0.1, 0.15) is 32.1 Å². The number of thiophene rings is 1. The molecule has 0 bridgehead atoms. The first-order chi connectivity index (χ1) is 11.3. The number of hydrogen-bond donors (Lipinski definition) is 0. The quantitative estimate of drug-likeness (QED) is 0.625. The summed E-state index contributed by atoms with van der Waals surface area (Å²) in [5.41, 5.74) is 0. The molecule has 1 aliphatic heterocycles. The lowest BCUT2D eigenvalue weighted by Gasteiger charge is -2.41. The van der Waals surface area contributed by atoms with E-state index < -0.39 is 0 Å². The number of carbonyl (C=O) groups is 1. The second-order valence-corrected chi connectivity index (χ2v) is 8.40. The third-order valence-corrected chi connectivity index (χ3v) is 7.01. The number of piperidine rings is 1. The zero-order valence-corrected chi connectivity index (χ0v) is 14.7. The molecule has 2 aliphatic rings. The predicted octanol–water partition coefficient (Wildman–Crippen LogP) is 3.82. The van der Waals surface area contributed by atoms with Crippen LogP contribution in [-0.2, 0) is 4.79 Å². The predicted molar refractivity (Wildman–Crippen MR) is 94.8 cm³/mol. The Kier molecular flexibility index (Phi) is 4.53. The monoisotopic (exact) mass is 347 g/mol. The topological polar surface area (TPSA) is 46.1 Å². The molecule has 4 nitrogen and oxygen atoms in total. The Morgan fingerprint density at radius 2 is 2.13 bits per heavy atom. The van der Waals surface area contributed by atoms with Gasteiger partial charge in [0.15, 0.2) is 0 Å². The summed E-state index contributed by atoms with van der Waals surface area (Å²) in [6, 6.07) is 2.04. The zero-order chi connectivity index (χ0) is 15.6. The Labute approximate surface area is 144 Å². The van der Waals surface area contributed by atoms with Crippen LogP contribution in [0.2, 0.25) is 0 Å². The van der Waals surface area contributed by atoms with Crippen LogP contribution in [0.4, 0.5) is 0 Å². The van der Waals surface area contributed by atoms with Crippen LogP contribution in [0.3, 0.4) is 0 Å². The molecule has 3 heterocycles. The van der Waals surface area contributed by atoms with Gasteiger partial charge in [-0.15, -0.1) is 11.3 Å². The number of carbonyl (C=O) groups excluding carboxylic acids is 1. The number of amides is 1. The number of aromatic nitrogens is 2. The molecule has 2 aromatic rings. The van der Waals surface area contributed by atoms with Gasteiger partial charge in [0, 0.05) is 18.5 Å². The highest BCUT2D eigenvalue weighted by atomic mass is 32.2. The number of rotatable bonds is 3. The van der Waals surface area contributed by atoms with Crippen molar-refractivity contribution in [3.8, 4) is 0 Å². The molecule has 0 spiro atoms. The van der Waals surface area contributed by atoms with Crippen LogP contribution in [0.5, 0.6) is 0 Å². The summed E-state index contributed by atoms with van der Waals surface area (Å²) in [5, 5.41) is 4.03. The summed E-state index contributed by atoms with van der Waals surface area (Å²) in [6.45, 7) is 1.92. The van der Waals surface area contributed by atoms with Gasteiger partial charge in [-0.1, -0.05) is 31.0 Å². The van der Waals surface area contributed by atoms with Crippen molar-refractivity contribution in [1.82, 2.24) is 14.9 Å². The van der Waals surface area contributed by atoms with E-state index in [2.05, 4.69) is 14.9 Å². The van der Waals surface area contributed by atoms with Crippen molar-refractivity contribution in [3.63, 3.8) is 0 Å². The van der Waals surface area contributed by atoms with Crippen LogP contribution < -0.4 is 0 Å². The molecular formula is C17H21N3OS2. The normalized spacial score (nSPS) is 24.6. The van der Waals surface area contributed by atoms with Crippen molar-refractivity contribution in [2.75, 3.05) is 18.8 Å². The molecule has 0 aromatic carbocycles. The number of thioether (sulfide) groups is 1. The van der Waals surface area contributed by atoms with Crippen LogP contribution in [0, 0.1) is 11.8 Å². The van der Waals surface area contributed by atoms with E-state index in [-0.39, 0.29) is 5.91 Å². The zero-order valence-electron chi connectivity index (χ0n) is 13.1. The van der Waals surface area contributed by atoms with Crippen molar-refractivity contribution in [3.05, 3.63) is 17.8 Å². The fourth-order valence-corrected chi connectivity index (χ4v) is 5.61. The molecular weight excluding hydrogens is 326 g/mol. The summed E-state index contributed by atoms with van der Waals surface area (Å²) in [7, 11) is 0. The van der Waals surface area contributed by atoms with E-state index in [0.29, 0.717) is 5.75 Å². The molecule has 2 unspecified atom stereocenters. The van der Waals surface area contributed by atoms with Crippen molar-refractivity contribution in [2.45, 2.75) is 37.1 Å². The Morgan fingerprint density at radius 3 is 3.04 bits per heavy atom. The third kappa shape index (κ3) is 3.24. The Bertz CT molecular complexity index is 702. The van der Waals surface area contributed by atoms with Gasteiger partial charge in [0.25, 0.3) is 0 Å². The van der Waals surface area contributed by atoms with Gasteiger partial charge in [0.1, 0.15) is 16.2 Å². The number of nitrogens with zero attached hydrogens (tertiary/aromatic N) is 3. The minimum Gasteiger partial charge on any atom is -0.342 e. The lowest BCUT2D eigenvalue weighted by molar-refractivity contribution is -0.131. The van der Waals surface area contributed by atoms with Gasteiger partial charge in [0.05, 0.1) is 5.75 Å². The molecule has 1 aliphatic carbocycles. The average Bonchev–Trinajstić information content (AvgIpc) is 3.08. The average molecular weight is 348 g/mol. The molecule has 1 saturated carbocycles. The van der Waals surface area contributed by atoms with Gasteiger partial charge >= 0.3 is 0 Å². The van der Waals surface area contributed by atoms with Crippen LogP contribution in [0.25, 0.3) is 10.2 Å². The standard InChI is InChI=1S/C17H21N3OS2/c21-15(20-7-5-12-3-1-2-4-13(12)9-20)10-23-17-14-6-8-22-16(14)18-11-19-17/h6,8,11-13H,1-5,7,9-10H2. The molecule has 6 heteroatoms. The van der Waals surface area contributed by atoms with E-state index in [1.807, 2.05) is 11.4 Å². The lowest BCUT2D eigenvalue weighted by Crippen LogP contribution is -2.45. The molecule has 122 valence electrons. The molecule has 1 amide bonds. The fourth-order valence-electron chi connectivity index (χ4n) is 3.93. The third-order valence-electron chi connectivity index (χ3n) is 5.20. The molecule has 2 atom stereocenters. The number of likely N-dealkylation sites (tertiary alicyclic amines) is 1. The smallest absolute Gasteiger partial charge is 0.232 e. The summed E-state index contributed by atoms with van der Waals surface area (Å²) < 4.78 is 0. The first kappa shape index (κ1) is 15.4. The summed E-state index contributed by atoms with van der Waals surface area (Å²) in [5.74, 6) is 2.36. The van der Waals surface area contributed by atoms with E-state index in [1.54, 1.807) is 29.4 Å². The molecule has 0 N–H and O–H groups in total. The minimum absolute atomic E-state index is 0.265. The molecule has 1 saturated heterocycles. The van der Waals surface area contributed by atoms with Gasteiger partial charge in [-0.25, -0.2) is 9.97 Å². The molecule has 2 aromatic heterocycles. The van der Waals surface area contributed by atoms with E-state index in [4.69, 9.17) is 0 Å². The largest absolute Gasteiger partial charge is 0.342 e. The van der Waals surface area contributed by atoms with Crippen LogP contribution in [0.15, 0.2) is 22.8 Å². The summed E-state index contributed by atoms with van der Waals surface area (Å²) in [6.07, 6.45) is 8.20. The molecule has 23 heavy (non-hydrogen) atoms. The van der Waals surface area contributed by atoms with E-state index in [9.17, 15) is 4.79 Å². The number of hydrogen-bond acceptors (Lipinski definition) is 5. The van der Waals surface area contributed by atoms with Crippen molar-refractivity contribution >= 4 is 39.2 Å². The first-order valence-electron chi connectivity index (χ1n) is 8.40. The maximum absolute atomic E-state index is 12.6. The molecule has 4 rings (SSSR count). The van der Waals surface area contributed by atoms with Crippen molar-refractivity contribution < 1.29 is 4.79 Å². The second kappa shape index (κ2) is 6.77. The summed E-state index contributed by atoms with van der Waals surface area (Å²) >= 11 is 3.17. The van der Waals surface area contributed by atoms with Gasteiger partial charge in [-0.3, -0.25) is 4.79 Å². The second-order valence-electron chi connectivity index (χ2n) is 6.54. The van der Waals surface area contributed by atoms with Gasteiger partial charge in [-0.05, 0) is 36.1 Å². The molecule has 0 radical (unpaired) electrons. The fraction of sp³-hybridized carbons (Fsp3) is 0.588. The van der Waals surface area contributed by atoms with E-state index >= 15 is 0 Å². The van der Waals surface area contributed by atoms with Crippen LogP contribution >= 0.6 is 23.1 Å². The highest BCUT2D eigenvalue weighted by molar-refractivity contribution is 8.00. The van der Waals surface area contributed by atoms with Crippen molar-refractivity contribution in [1.29, 1.82) is 0 Å². The van der Waals surface area contributed by atoms with Gasteiger partial charge < -0.3 is 4.90 Å². The molecule has 2 fully saturated rings. The SMILES string of the molecule is O=C(CSc1ncnc2sccc12)N1CCC2CCCCC2C1. The minimum atomic E-state index is 0.265. The van der Waals surface area contributed by atoms with Crippen molar-refractivity contribution in [2.24, 2.45) is 11.8 Å². The lowest BCUT2D eigenvalue weighted by atomic mass is 9.75. The Morgan fingerprint density at radius 1 is 1.26 bits per heavy atom. The summed E-state index contributed by atoms with van der Waals surface area (Å²) in [4.78, 5) is 24.3. The highest BCUT2D eigenvalue weighted by Gasteiger charge is 2.32. The van der Waals surface area contributed by atoms with Gasteiger partial charge in [-0.2, -0.15) is 0 Å². The Balaban J connectivity index is 1.37. The van der Waals surface area contributed by atoms with Crippen LogP contribution in [-0.4, -0.2) is 39.6 Å². The highest BCUT2D eigenvalue weighted by Crippen LogP contribution is 2.36. The van der Waals surface area contributed by atoms with E-state index in [0.717, 1.165) is 40.2 Å². The first-order valence-corrected chi connectivity index (χ1v) is 10.3. The Hall–Kier alpha value is -1.14. The van der Waals surface area contributed by atoms with E-state index in [1.165, 1.54) is 32.1 Å².